The van der Waals surface area contributed by atoms with E-state index in [9.17, 15) is 13.2 Å². The van der Waals surface area contributed by atoms with Crippen LogP contribution in [0, 0.1) is 13.8 Å². The standard InChI is InChI=1S/C18H20Cl2N2O3S/c1-11-8-9-14(10-16(11)20)22(26(4,24)25)13(3)18(23)21-17-7-5-6-15(19)12(17)2/h5-10,13H,1-4H3,(H,21,23). The summed E-state index contributed by atoms with van der Waals surface area (Å²) >= 11 is 12.2. The van der Waals surface area contributed by atoms with Gasteiger partial charge in [0.2, 0.25) is 15.9 Å². The molecule has 1 unspecified atom stereocenters. The van der Waals surface area contributed by atoms with Gasteiger partial charge < -0.3 is 5.32 Å². The zero-order valence-corrected chi connectivity index (χ0v) is 17.2. The van der Waals surface area contributed by atoms with E-state index in [4.69, 9.17) is 23.2 Å². The summed E-state index contributed by atoms with van der Waals surface area (Å²) in [6, 6.07) is 9.02. The van der Waals surface area contributed by atoms with Gasteiger partial charge in [0.25, 0.3) is 0 Å². The summed E-state index contributed by atoms with van der Waals surface area (Å²) in [5.41, 5.74) is 2.38. The quantitative estimate of drug-likeness (QED) is 0.787. The fraction of sp³-hybridized carbons (Fsp3) is 0.278. The van der Waals surface area contributed by atoms with Crippen molar-refractivity contribution < 1.29 is 13.2 Å². The lowest BCUT2D eigenvalue weighted by atomic mass is 10.1. The zero-order valence-electron chi connectivity index (χ0n) is 14.9. The van der Waals surface area contributed by atoms with Gasteiger partial charge in [-0.15, -0.1) is 0 Å². The van der Waals surface area contributed by atoms with Crippen LogP contribution in [0.2, 0.25) is 10.0 Å². The first-order valence-corrected chi connectivity index (χ1v) is 10.4. The van der Waals surface area contributed by atoms with E-state index in [2.05, 4.69) is 5.32 Å². The molecule has 0 saturated heterocycles. The molecule has 1 atom stereocenters. The van der Waals surface area contributed by atoms with Gasteiger partial charge >= 0.3 is 0 Å². The van der Waals surface area contributed by atoms with Crippen LogP contribution in [0.15, 0.2) is 36.4 Å². The number of hydrogen-bond acceptors (Lipinski definition) is 3. The normalized spacial score (nSPS) is 12.5. The van der Waals surface area contributed by atoms with Crippen LogP contribution in [0.1, 0.15) is 18.1 Å². The Hall–Kier alpha value is -1.76. The molecule has 2 aromatic carbocycles. The Kier molecular flexibility index (Phi) is 6.21. The topological polar surface area (TPSA) is 66.5 Å². The van der Waals surface area contributed by atoms with Crippen molar-refractivity contribution in [1.82, 2.24) is 0 Å². The highest BCUT2D eigenvalue weighted by atomic mass is 35.5. The van der Waals surface area contributed by atoms with Crippen LogP contribution >= 0.6 is 23.2 Å². The van der Waals surface area contributed by atoms with E-state index in [-0.39, 0.29) is 0 Å². The largest absolute Gasteiger partial charge is 0.324 e. The molecule has 0 aliphatic heterocycles. The first-order valence-electron chi connectivity index (χ1n) is 7.84. The summed E-state index contributed by atoms with van der Waals surface area (Å²) in [5, 5.41) is 3.68. The molecule has 1 amide bonds. The summed E-state index contributed by atoms with van der Waals surface area (Å²) in [7, 11) is -3.71. The lowest BCUT2D eigenvalue weighted by molar-refractivity contribution is -0.116. The van der Waals surface area contributed by atoms with E-state index >= 15 is 0 Å². The van der Waals surface area contributed by atoms with Crippen LogP contribution in [-0.2, 0) is 14.8 Å². The maximum Gasteiger partial charge on any atom is 0.248 e. The van der Waals surface area contributed by atoms with E-state index in [1.165, 1.54) is 13.0 Å². The highest BCUT2D eigenvalue weighted by Crippen LogP contribution is 2.28. The number of amides is 1. The van der Waals surface area contributed by atoms with Crippen LogP contribution in [0.4, 0.5) is 11.4 Å². The first kappa shape index (κ1) is 20.6. The molecule has 140 valence electrons. The lowest BCUT2D eigenvalue weighted by Gasteiger charge is -2.28. The molecule has 0 spiro atoms. The van der Waals surface area contributed by atoms with Gasteiger partial charge in [-0.05, 0) is 56.2 Å². The molecule has 0 fully saturated rings. The molecule has 5 nitrogen and oxygen atoms in total. The van der Waals surface area contributed by atoms with Crippen molar-refractivity contribution in [3.05, 3.63) is 57.6 Å². The SMILES string of the molecule is Cc1ccc(N(C(C)C(=O)Nc2cccc(Cl)c2C)S(C)(=O)=O)cc1Cl. The van der Waals surface area contributed by atoms with Gasteiger partial charge in [0.15, 0.2) is 0 Å². The minimum absolute atomic E-state index is 0.327. The van der Waals surface area contributed by atoms with Crippen molar-refractivity contribution in [3.8, 4) is 0 Å². The summed E-state index contributed by atoms with van der Waals surface area (Å²) in [5.74, 6) is -0.475. The van der Waals surface area contributed by atoms with Gasteiger partial charge in [-0.25, -0.2) is 8.42 Å². The van der Waals surface area contributed by atoms with E-state index in [1.807, 2.05) is 6.92 Å². The van der Waals surface area contributed by atoms with Crippen LogP contribution in [0.25, 0.3) is 0 Å². The number of aryl methyl sites for hydroxylation is 1. The number of hydrogen-bond donors (Lipinski definition) is 1. The van der Waals surface area contributed by atoms with E-state index < -0.39 is 22.0 Å². The molecule has 26 heavy (non-hydrogen) atoms. The Morgan fingerprint density at radius 3 is 2.35 bits per heavy atom. The fourth-order valence-electron chi connectivity index (χ4n) is 2.51. The Morgan fingerprint density at radius 1 is 1.12 bits per heavy atom. The van der Waals surface area contributed by atoms with Gasteiger partial charge in [-0.2, -0.15) is 0 Å². The number of rotatable bonds is 5. The van der Waals surface area contributed by atoms with E-state index in [1.54, 1.807) is 37.3 Å². The molecule has 1 N–H and O–H groups in total. The van der Waals surface area contributed by atoms with Gasteiger partial charge in [-0.3, -0.25) is 9.10 Å². The average molecular weight is 415 g/mol. The molecule has 0 radical (unpaired) electrons. The summed E-state index contributed by atoms with van der Waals surface area (Å²) < 4.78 is 25.7. The molecule has 0 heterocycles. The minimum atomic E-state index is -3.71. The van der Waals surface area contributed by atoms with Crippen molar-refractivity contribution in [3.63, 3.8) is 0 Å². The smallest absolute Gasteiger partial charge is 0.248 e. The van der Waals surface area contributed by atoms with E-state index in [0.717, 1.165) is 16.1 Å². The molecule has 2 aromatic rings. The second-order valence-electron chi connectivity index (χ2n) is 6.07. The Balaban J connectivity index is 2.37. The number of benzene rings is 2. The number of carbonyl (C=O) groups excluding carboxylic acids is 1. The molecule has 0 aliphatic rings. The van der Waals surface area contributed by atoms with Crippen molar-refractivity contribution in [2.75, 3.05) is 15.9 Å². The van der Waals surface area contributed by atoms with Gasteiger partial charge in [0, 0.05) is 15.7 Å². The molecular weight excluding hydrogens is 395 g/mol. The highest BCUT2D eigenvalue weighted by Gasteiger charge is 2.29. The zero-order chi connectivity index (χ0) is 19.6. The molecule has 0 saturated carbocycles. The summed E-state index contributed by atoms with van der Waals surface area (Å²) in [6.07, 6.45) is 1.05. The number of nitrogens with one attached hydrogen (secondary N) is 1. The van der Waals surface area contributed by atoms with Crippen molar-refractivity contribution in [1.29, 1.82) is 0 Å². The van der Waals surface area contributed by atoms with Crippen LogP contribution in [-0.4, -0.2) is 26.6 Å². The Bertz CT molecular complexity index is 945. The van der Waals surface area contributed by atoms with Gasteiger partial charge in [0.05, 0.1) is 11.9 Å². The lowest BCUT2D eigenvalue weighted by Crippen LogP contribution is -2.45. The predicted molar refractivity (Wildman–Crippen MR) is 108 cm³/mol. The summed E-state index contributed by atoms with van der Waals surface area (Å²) in [4.78, 5) is 12.7. The number of carbonyl (C=O) groups is 1. The third-order valence-electron chi connectivity index (χ3n) is 4.02. The predicted octanol–water partition coefficient (Wildman–Crippen LogP) is 4.40. The van der Waals surface area contributed by atoms with Gasteiger partial charge in [-0.1, -0.05) is 35.3 Å². The van der Waals surface area contributed by atoms with Crippen molar-refractivity contribution >= 4 is 50.5 Å². The highest BCUT2D eigenvalue weighted by molar-refractivity contribution is 7.92. The third-order valence-corrected chi connectivity index (χ3v) is 6.08. The third kappa shape index (κ3) is 4.50. The number of anilines is 2. The fourth-order valence-corrected chi connectivity index (χ4v) is 4.02. The van der Waals surface area contributed by atoms with Gasteiger partial charge in [0.1, 0.15) is 6.04 Å². The van der Waals surface area contributed by atoms with Crippen molar-refractivity contribution in [2.45, 2.75) is 26.8 Å². The van der Waals surface area contributed by atoms with E-state index in [0.29, 0.717) is 27.0 Å². The number of sulfonamides is 1. The second kappa shape index (κ2) is 7.86. The monoisotopic (exact) mass is 414 g/mol. The first-order chi connectivity index (χ1) is 12.0. The maximum atomic E-state index is 12.7. The number of halogens is 2. The average Bonchev–Trinajstić information content (AvgIpc) is 2.54. The Labute approximate surface area is 164 Å². The molecule has 0 aromatic heterocycles. The molecule has 2 rings (SSSR count). The molecule has 0 aliphatic carbocycles. The van der Waals surface area contributed by atoms with Crippen LogP contribution in [0.5, 0.6) is 0 Å². The minimum Gasteiger partial charge on any atom is -0.324 e. The maximum absolute atomic E-state index is 12.7. The van der Waals surface area contributed by atoms with Crippen molar-refractivity contribution in [2.24, 2.45) is 0 Å². The number of nitrogens with zero attached hydrogens (tertiary/aromatic N) is 1. The molecule has 0 bridgehead atoms. The van der Waals surface area contributed by atoms with Crippen LogP contribution < -0.4 is 9.62 Å². The second-order valence-corrected chi connectivity index (χ2v) is 8.74. The Morgan fingerprint density at radius 2 is 1.77 bits per heavy atom. The van der Waals surface area contributed by atoms with Crippen LogP contribution in [0.3, 0.4) is 0 Å². The summed E-state index contributed by atoms with van der Waals surface area (Å²) in [6.45, 7) is 5.11. The molecular formula is C18H20Cl2N2O3S. The molecule has 8 heteroatoms.